The summed E-state index contributed by atoms with van der Waals surface area (Å²) in [6.45, 7) is 12.5. The summed E-state index contributed by atoms with van der Waals surface area (Å²) in [5, 5.41) is 3.42. The Morgan fingerprint density at radius 1 is 1.29 bits per heavy atom. The Hall–Kier alpha value is -1.09. The molecule has 2 unspecified atom stereocenters. The lowest BCUT2D eigenvalue weighted by Crippen LogP contribution is -2.42. The van der Waals surface area contributed by atoms with E-state index in [0.29, 0.717) is 12.6 Å². The summed E-state index contributed by atoms with van der Waals surface area (Å²) in [5.41, 5.74) is 1.85. The number of nitrogens with zero attached hydrogens (tertiary/aromatic N) is 1. The molecule has 3 heteroatoms. The van der Waals surface area contributed by atoms with Crippen molar-refractivity contribution in [1.82, 2.24) is 5.32 Å². The Kier molecular flexibility index (Phi) is 4.92. The van der Waals surface area contributed by atoms with E-state index in [1.165, 1.54) is 12.8 Å². The third kappa shape index (κ3) is 4.19. The highest BCUT2D eigenvalue weighted by molar-refractivity contribution is 5.55. The molecule has 1 heterocycles. The van der Waals surface area contributed by atoms with Gasteiger partial charge in [0.1, 0.15) is 5.82 Å². The SMILES string of the molecule is CC1CCN(c2cccc(F)c2CNC(C)(C)C)C(C)C1. The lowest BCUT2D eigenvalue weighted by molar-refractivity contribution is 0.375. The zero-order valence-electron chi connectivity index (χ0n) is 14.0. The molecule has 0 aromatic heterocycles. The molecule has 118 valence electrons. The quantitative estimate of drug-likeness (QED) is 0.891. The second kappa shape index (κ2) is 6.35. The van der Waals surface area contributed by atoms with Crippen LogP contribution in [-0.4, -0.2) is 18.1 Å². The van der Waals surface area contributed by atoms with E-state index in [0.717, 1.165) is 23.7 Å². The van der Waals surface area contributed by atoms with Crippen LogP contribution in [-0.2, 0) is 6.54 Å². The van der Waals surface area contributed by atoms with Gasteiger partial charge in [0.25, 0.3) is 0 Å². The van der Waals surface area contributed by atoms with Gasteiger partial charge in [-0.1, -0.05) is 13.0 Å². The zero-order chi connectivity index (χ0) is 15.6. The van der Waals surface area contributed by atoms with Crippen LogP contribution in [0.1, 0.15) is 53.0 Å². The van der Waals surface area contributed by atoms with E-state index < -0.39 is 0 Å². The largest absolute Gasteiger partial charge is 0.368 e. The van der Waals surface area contributed by atoms with Gasteiger partial charge in [0.05, 0.1) is 0 Å². The monoisotopic (exact) mass is 292 g/mol. The van der Waals surface area contributed by atoms with Crippen LogP contribution in [0.3, 0.4) is 0 Å². The molecule has 1 aromatic rings. The van der Waals surface area contributed by atoms with Gasteiger partial charge >= 0.3 is 0 Å². The van der Waals surface area contributed by atoms with Crippen molar-refractivity contribution in [2.24, 2.45) is 5.92 Å². The van der Waals surface area contributed by atoms with Crippen molar-refractivity contribution in [1.29, 1.82) is 0 Å². The molecule has 0 amide bonds. The van der Waals surface area contributed by atoms with Crippen molar-refractivity contribution in [3.8, 4) is 0 Å². The van der Waals surface area contributed by atoms with Gasteiger partial charge in [-0.15, -0.1) is 0 Å². The lowest BCUT2D eigenvalue weighted by atomic mass is 9.92. The van der Waals surface area contributed by atoms with E-state index in [1.807, 2.05) is 6.07 Å². The molecule has 2 nitrogen and oxygen atoms in total. The smallest absolute Gasteiger partial charge is 0.129 e. The Morgan fingerprint density at radius 2 is 2.00 bits per heavy atom. The molecule has 1 N–H and O–H groups in total. The first-order chi connectivity index (χ1) is 9.78. The zero-order valence-corrected chi connectivity index (χ0v) is 14.0. The predicted octanol–water partition coefficient (Wildman–Crippen LogP) is 4.34. The number of hydrogen-bond donors (Lipinski definition) is 1. The summed E-state index contributed by atoms with van der Waals surface area (Å²) in [7, 11) is 0. The lowest BCUT2D eigenvalue weighted by Gasteiger charge is -2.39. The molecule has 0 spiro atoms. The number of rotatable bonds is 3. The maximum atomic E-state index is 14.3. The van der Waals surface area contributed by atoms with E-state index in [9.17, 15) is 4.39 Å². The number of piperidine rings is 1. The van der Waals surface area contributed by atoms with Crippen molar-refractivity contribution in [3.05, 3.63) is 29.6 Å². The molecule has 2 rings (SSSR count). The average molecular weight is 292 g/mol. The van der Waals surface area contributed by atoms with Crippen molar-refractivity contribution < 1.29 is 4.39 Å². The Morgan fingerprint density at radius 3 is 2.62 bits per heavy atom. The van der Waals surface area contributed by atoms with Crippen LogP contribution in [0.25, 0.3) is 0 Å². The van der Waals surface area contributed by atoms with Crippen molar-refractivity contribution >= 4 is 5.69 Å². The molecular weight excluding hydrogens is 263 g/mol. The standard InChI is InChI=1S/C18H29FN2/c1-13-9-10-21(14(2)11-13)17-8-6-7-16(19)15(17)12-20-18(3,4)5/h6-8,13-14,20H,9-12H2,1-5H3. The second-order valence-corrected chi connectivity index (χ2v) is 7.51. The molecule has 2 atom stereocenters. The first-order valence-electron chi connectivity index (χ1n) is 8.07. The summed E-state index contributed by atoms with van der Waals surface area (Å²) >= 11 is 0. The molecule has 1 aliphatic heterocycles. The van der Waals surface area contributed by atoms with E-state index in [-0.39, 0.29) is 11.4 Å². The third-order valence-corrected chi connectivity index (χ3v) is 4.34. The minimum Gasteiger partial charge on any atom is -0.368 e. The predicted molar refractivity (Wildman–Crippen MR) is 88.2 cm³/mol. The Balaban J connectivity index is 2.24. The van der Waals surface area contributed by atoms with Crippen molar-refractivity contribution in [3.63, 3.8) is 0 Å². The van der Waals surface area contributed by atoms with Crippen LogP contribution in [0.2, 0.25) is 0 Å². The topological polar surface area (TPSA) is 15.3 Å². The highest BCUT2D eigenvalue weighted by Crippen LogP contribution is 2.31. The third-order valence-electron chi connectivity index (χ3n) is 4.34. The van der Waals surface area contributed by atoms with E-state index >= 15 is 0 Å². The molecule has 0 radical (unpaired) electrons. The number of halogens is 1. The molecule has 0 bridgehead atoms. The molecular formula is C18H29FN2. The van der Waals surface area contributed by atoms with Crippen LogP contribution < -0.4 is 10.2 Å². The van der Waals surface area contributed by atoms with Gasteiger partial charge in [-0.3, -0.25) is 0 Å². The van der Waals surface area contributed by atoms with Crippen molar-refractivity contribution in [2.75, 3.05) is 11.4 Å². The second-order valence-electron chi connectivity index (χ2n) is 7.51. The van der Waals surface area contributed by atoms with Crippen LogP contribution in [0.5, 0.6) is 0 Å². The first kappa shape index (κ1) is 16.3. The molecule has 1 saturated heterocycles. The van der Waals surface area contributed by atoms with Gasteiger partial charge in [-0.25, -0.2) is 4.39 Å². The fourth-order valence-electron chi connectivity index (χ4n) is 3.11. The molecule has 21 heavy (non-hydrogen) atoms. The average Bonchev–Trinajstić information content (AvgIpc) is 2.36. The van der Waals surface area contributed by atoms with E-state index in [1.54, 1.807) is 6.07 Å². The summed E-state index contributed by atoms with van der Waals surface area (Å²) in [4.78, 5) is 2.38. The fourth-order valence-corrected chi connectivity index (χ4v) is 3.11. The van der Waals surface area contributed by atoms with Gasteiger partial charge < -0.3 is 10.2 Å². The van der Waals surface area contributed by atoms with Crippen molar-refractivity contribution in [2.45, 2.75) is 65.6 Å². The fraction of sp³-hybridized carbons (Fsp3) is 0.667. The molecule has 1 aromatic carbocycles. The van der Waals surface area contributed by atoms with Gasteiger partial charge in [-0.2, -0.15) is 0 Å². The molecule has 0 saturated carbocycles. The van der Waals surface area contributed by atoms with Crippen LogP contribution in [0.15, 0.2) is 18.2 Å². The summed E-state index contributed by atoms with van der Waals surface area (Å²) in [6, 6.07) is 5.94. The van der Waals surface area contributed by atoms with Gasteiger partial charge in [-0.05, 0) is 58.6 Å². The van der Waals surface area contributed by atoms with Crippen LogP contribution in [0, 0.1) is 11.7 Å². The maximum absolute atomic E-state index is 14.3. The maximum Gasteiger partial charge on any atom is 0.129 e. The minimum atomic E-state index is -0.102. The number of hydrogen-bond acceptors (Lipinski definition) is 2. The summed E-state index contributed by atoms with van der Waals surface area (Å²) in [5.74, 6) is 0.663. The van der Waals surface area contributed by atoms with E-state index in [4.69, 9.17) is 0 Å². The molecule has 1 fully saturated rings. The molecule has 1 aliphatic rings. The highest BCUT2D eigenvalue weighted by atomic mass is 19.1. The highest BCUT2D eigenvalue weighted by Gasteiger charge is 2.25. The van der Waals surface area contributed by atoms with Crippen LogP contribution >= 0.6 is 0 Å². The minimum absolute atomic E-state index is 0.0123. The van der Waals surface area contributed by atoms with Gasteiger partial charge in [0.2, 0.25) is 0 Å². The number of benzene rings is 1. The Bertz CT molecular complexity index is 479. The van der Waals surface area contributed by atoms with E-state index in [2.05, 4.69) is 50.9 Å². The summed E-state index contributed by atoms with van der Waals surface area (Å²) < 4.78 is 14.3. The Labute approximate surface area is 128 Å². The summed E-state index contributed by atoms with van der Waals surface area (Å²) in [6.07, 6.45) is 2.37. The number of anilines is 1. The number of nitrogens with one attached hydrogen (secondary N) is 1. The molecule has 0 aliphatic carbocycles. The van der Waals surface area contributed by atoms with Crippen LogP contribution in [0.4, 0.5) is 10.1 Å². The first-order valence-corrected chi connectivity index (χ1v) is 8.07. The van der Waals surface area contributed by atoms with Gasteiger partial charge in [0, 0.05) is 35.9 Å². The normalized spacial score (nSPS) is 23.4. The van der Waals surface area contributed by atoms with Gasteiger partial charge in [0.15, 0.2) is 0 Å².